The van der Waals surface area contributed by atoms with E-state index in [1.807, 2.05) is 32.6 Å². The molecule has 2 N–H and O–H groups in total. The lowest BCUT2D eigenvalue weighted by atomic mass is 9.96. The van der Waals surface area contributed by atoms with Gasteiger partial charge in [0.1, 0.15) is 5.60 Å². The predicted molar refractivity (Wildman–Crippen MR) is 109 cm³/mol. The second kappa shape index (κ2) is 8.19. The van der Waals surface area contributed by atoms with Crippen molar-refractivity contribution in [3.8, 4) is 0 Å². The lowest BCUT2D eigenvalue weighted by Gasteiger charge is -2.40. The Morgan fingerprint density at radius 1 is 1.11 bits per heavy atom. The first-order valence-corrected chi connectivity index (χ1v) is 10.3. The van der Waals surface area contributed by atoms with Crippen LogP contribution in [0, 0.1) is 5.92 Å². The lowest BCUT2D eigenvalue weighted by molar-refractivity contribution is 0.00942. The zero-order valence-electron chi connectivity index (χ0n) is 17.3. The van der Waals surface area contributed by atoms with E-state index in [2.05, 4.69) is 29.2 Å². The average molecular weight is 374 g/mol. The molecule has 1 heterocycles. The minimum atomic E-state index is -0.440. The summed E-state index contributed by atoms with van der Waals surface area (Å²) in [4.78, 5) is 16.7. The fourth-order valence-corrected chi connectivity index (χ4v) is 3.73. The maximum Gasteiger partial charge on any atom is 0.410 e. The van der Waals surface area contributed by atoms with Gasteiger partial charge in [-0.1, -0.05) is 37.1 Å². The Balaban J connectivity index is 1.64. The number of carbonyl (C=O) groups excluding carboxylic acids is 1. The highest BCUT2D eigenvalue weighted by atomic mass is 16.6. The van der Waals surface area contributed by atoms with E-state index in [-0.39, 0.29) is 12.1 Å². The lowest BCUT2D eigenvalue weighted by Crippen LogP contribution is -2.50. The van der Waals surface area contributed by atoms with Crippen molar-refractivity contribution in [1.29, 1.82) is 0 Å². The standard InChI is InChI=1S/C22H35N3O2/c1-16(23)18-7-9-19(10-8-18)20(15-17-5-6-17)24-11-13-25(14-12-24)21(26)27-22(2,3)4/h7-10,16-17,20H,5-6,11-15,23H2,1-4H3/t16-,20?/m0/s1. The minimum absolute atomic E-state index is 0.0679. The monoisotopic (exact) mass is 373 g/mol. The average Bonchev–Trinajstić information content (AvgIpc) is 3.43. The van der Waals surface area contributed by atoms with Gasteiger partial charge < -0.3 is 15.4 Å². The summed E-state index contributed by atoms with van der Waals surface area (Å²) in [5, 5.41) is 0. The van der Waals surface area contributed by atoms with Crippen LogP contribution in [0.15, 0.2) is 24.3 Å². The number of carbonyl (C=O) groups is 1. The largest absolute Gasteiger partial charge is 0.444 e. The number of ether oxygens (including phenoxy) is 1. The van der Waals surface area contributed by atoms with Crippen LogP contribution in [-0.2, 0) is 4.74 Å². The number of rotatable bonds is 5. The third-order valence-electron chi connectivity index (χ3n) is 5.51. The van der Waals surface area contributed by atoms with Gasteiger partial charge in [-0.15, -0.1) is 0 Å². The van der Waals surface area contributed by atoms with Gasteiger partial charge in [0, 0.05) is 38.3 Å². The fraction of sp³-hybridized carbons (Fsp3) is 0.682. The third kappa shape index (κ3) is 5.69. The Hall–Kier alpha value is -1.59. The number of nitrogens with two attached hydrogens (primary N) is 1. The summed E-state index contributed by atoms with van der Waals surface area (Å²) < 4.78 is 5.52. The SMILES string of the molecule is C[C@H](N)c1ccc(C(CC2CC2)N2CCN(C(=O)OC(C)(C)C)CC2)cc1. The van der Waals surface area contributed by atoms with Gasteiger partial charge in [0.25, 0.3) is 0 Å². The van der Waals surface area contributed by atoms with Gasteiger partial charge in [-0.3, -0.25) is 4.90 Å². The Labute approximate surface area is 163 Å². The smallest absolute Gasteiger partial charge is 0.410 e. The highest BCUT2D eigenvalue weighted by molar-refractivity contribution is 5.68. The van der Waals surface area contributed by atoms with Crippen LogP contribution in [0.3, 0.4) is 0 Å². The molecule has 5 nitrogen and oxygen atoms in total. The normalized spacial score (nSPS) is 21.0. The van der Waals surface area contributed by atoms with Crippen molar-refractivity contribution in [2.24, 2.45) is 11.7 Å². The zero-order chi connectivity index (χ0) is 19.6. The van der Waals surface area contributed by atoms with E-state index in [0.717, 1.165) is 32.1 Å². The van der Waals surface area contributed by atoms with Crippen LogP contribution < -0.4 is 5.73 Å². The molecule has 1 aliphatic heterocycles. The van der Waals surface area contributed by atoms with Crippen LogP contribution in [0.2, 0.25) is 0 Å². The van der Waals surface area contributed by atoms with E-state index in [0.29, 0.717) is 6.04 Å². The first-order valence-electron chi connectivity index (χ1n) is 10.3. The van der Waals surface area contributed by atoms with Crippen molar-refractivity contribution < 1.29 is 9.53 Å². The molecule has 2 atom stereocenters. The van der Waals surface area contributed by atoms with Crippen LogP contribution in [0.4, 0.5) is 4.79 Å². The molecule has 0 bridgehead atoms. The Morgan fingerprint density at radius 3 is 2.15 bits per heavy atom. The summed E-state index contributed by atoms with van der Waals surface area (Å²) in [5.41, 5.74) is 8.11. The van der Waals surface area contributed by atoms with E-state index in [1.54, 1.807) is 0 Å². The summed E-state index contributed by atoms with van der Waals surface area (Å²) >= 11 is 0. The first kappa shape index (κ1) is 20.2. The van der Waals surface area contributed by atoms with Gasteiger partial charge in [-0.25, -0.2) is 4.79 Å². The molecule has 1 unspecified atom stereocenters. The molecule has 1 amide bonds. The van der Waals surface area contributed by atoms with Gasteiger partial charge in [-0.05, 0) is 51.2 Å². The number of amides is 1. The molecule has 0 radical (unpaired) electrons. The zero-order valence-corrected chi connectivity index (χ0v) is 17.3. The molecule has 150 valence electrons. The van der Waals surface area contributed by atoms with Crippen LogP contribution in [0.25, 0.3) is 0 Å². The molecule has 5 heteroatoms. The Kier molecular flexibility index (Phi) is 6.11. The van der Waals surface area contributed by atoms with Crippen LogP contribution in [0.1, 0.15) is 70.2 Å². The predicted octanol–water partition coefficient (Wildman–Crippen LogP) is 4.10. The number of piperazine rings is 1. The summed E-state index contributed by atoms with van der Waals surface area (Å²) in [5.74, 6) is 0.854. The summed E-state index contributed by atoms with van der Waals surface area (Å²) in [6.07, 6.45) is 3.73. The van der Waals surface area contributed by atoms with E-state index in [1.165, 1.54) is 30.4 Å². The second-order valence-corrected chi connectivity index (χ2v) is 9.15. The quantitative estimate of drug-likeness (QED) is 0.844. The van der Waals surface area contributed by atoms with E-state index in [9.17, 15) is 4.79 Å². The van der Waals surface area contributed by atoms with Gasteiger partial charge in [0.05, 0.1) is 0 Å². The molecule has 0 aromatic heterocycles. The molecule has 1 saturated heterocycles. The number of nitrogens with zero attached hydrogens (tertiary/aromatic N) is 2. The van der Waals surface area contributed by atoms with Gasteiger partial charge in [0.15, 0.2) is 0 Å². The molecular weight excluding hydrogens is 338 g/mol. The Bertz CT molecular complexity index is 624. The molecule has 2 fully saturated rings. The minimum Gasteiger partial charge on any atom is -0.444 e. The highest BCUT2D eigenvalue weighted by Gasteiger charge is 2.33. The molecular formula is C22H35N3O2. The molecule has 0 spiro atoms. The third-order valence-corrected chi connectivity index (χ3v) is 5.51. The Morgan fingerprint density at radius 2 is 1.67 bits per heavy atom. The first-order chi connectivity index (χ1) is 12.7. The van der Waals surface area contributed by atoms with Crippen molar-refractivity contribution >= 4 is 6.09 Å². The number of hydrogen-bond acceptors (Lipinski definition) is 4. The van der Waals surface area contributed by atoms with E-state index in [4.69, 9.17) is 10.5 Å². The van der Waals surface area contributed by atoms with Gasteiger partial charge in [-0.2, -0.15) is 0 Å². The molecule has 1 saturated carbocycles. The number of benzene rings is 1. The van der Waals surface area contributed by atoms with Crippen molar-refractivity contribution in [3.63, 3.8) is 0 Å². The second-order valence-electron chi connectivity index (χ2n) is 9.15. The van der Waals surface area contributed by atoms with E-state index >= 15 is 0 Å². The summed E-state index contributed by atoms with van der Waals surface area (Å²) in [6, 6.07) is 9.31. The van der Waals surface area contributed by atoms with Gasteiger partial charge >= 0.3 is 6.09 Å². The van der Waals surface area contributed by atoms with Gasteiger partial charge in [0.2, 0.25) is 0 Å². The molecule has 1 aliphatic carbocycles. The molecule has 3 rings (SSSR count). The maximum atomic E-state index is 12.3. The molecule has 1 aromatic rings. The fourth-order valence-electron chi connectivity index (χ4n) is 3.73. The van der Waals surface area contributed by atoms with Crippen LogP contribution in [0.5, 0.6) is 0 Å². The van der Waals surface area contributed by atoms with Crippen LogP contribution >= 0.6 is 0 Å². The maximum absolute atomic E-state index is 12.3. The molecule has 27 heavy (non-hydrogen) atoms. The topological polar surface area (TPSA) is 58.8 Å². The van der Waals surface area contributed by atoms with Crippen LogP contribution in [-0.4, -0.2) is 47.7 Å². The van der Waals surface area contributed by atoms with E-state index < -0.39 is 5.60 Å². The number of hydrogen-bond donors (Lipinski definition) is 1. The van der Waals surface area contributed by atoms with Crippen molar-refractivity contribution in [2.75, 3.05) is 26.2 Å². The van der Waals surface area contributed by atoms with Crippen molar-refractivity contribution in [1.82, 2.24) is 9.80 Å². The molecule has 2 aliphatic rings. The summed E-state index contributed by atoms with van der Waals surface area (Å²) in [6.45, 7) is 11.0. The highest BCUT2D eigenvalue weighted by Crippen LogP contribution is 2.40. The molecule has 1 aromatic carbocycles. The van der Waals surface area contributed by atoms with Crippen molar-refractivity contribution in [2.45, 2.75) is 64.6 Å². The van der Waals surface area contributed by atoms with Crippen molar-refractivity contribution in [3.05, 3.63) is 35.4 Å². The summed E-state index contributed by atoms with van der Waals surface area (Å²) in [7, 11) is 0.